The van der Waals surface area contributed by atoms with Crippen LogP contribution in [-0.4, -0.2) is 55.8 Å². The van der Waals surface area contributed by atoms with Crippen molar-refractivity contribution in [3.05, 3.63) is 24.0 Å². The van der Waals surface area contributed by atoms with E-state index in [2.05, 4.69) is 4.98 Å². The van der Waals surface area contributed by atoms with E-state index in [1.54, 1.807) is 12.1 Å². The van der Waals surface area contributed by atoms with Gasteiger partial charge in [0, 0.05) is 31.9 Å². The van der Waals surface area contributed by atoms with Gasteiger partial charge in [-0.25, -0.2) is 8.42 Å². The van der Waals surface area contributed by atoms with Crippen LogP contribution in [0.25, 0.3) is 0 Å². The monoisotopic (exact) mass is 300 g/mol. The molecular formula is C13H24N4O2S. The Bertz CT molecular complexity index is 514. The maximum Gasteiger partial charge on any atom is 0.244 e. The first-order valence-electron chi connectivity index (χ1n) is 6.64. The zero-order chi connectivity index (χ0) is 15.3. The Morgan fingerprint density at radius 1 is 1.35 bits per heavy atom. The van der Waals surface area contributed by atoms with Gasteiger partial charge in [-0.05, 0) is 33.2 Å². The summed E-state index contributed by atoms with van der Waals surface area (Å²) in [7, 11) is 0.333. The molecule has 0 saturated heterocycles. The molecule has 1 aromatic rings. The van der Waals surface area contributed by atoms with Gasteiger partial charge in [-0.2, -0.15) is 4.31 Å². The minimum absolute atomic E-state index is 0.103. The van der Waals surface area contributed by atoms with Gasteiger partial charge < -0.3 is 10.6 Å². The Balaban J connectivity index is 3.04. The second-order valence-electron chi connectivity index (χ2n) is 5.01. The number of aromatic nitrogens is 1. The summed E-state index contributed by atoms with van der Waals surface area (Å²) in [6.45, 7) is 5.14. The van der Waals surface area contributed by atoms with E-state index in [1.807, 2.05) is 32.8 Å². The molecule has 1 aromatic heterocycles. The average Bonchev–Trinajstić information content (AvgIpc) is 2.38. The third-order valence-corrected chi connectivity index (χ3v) is 5.12. The van der Waals surface area contributed by atoms with Crippen LogP contribution in [0.3, 0.4) is 0 Å². The number of likely N-dealkylation sites (N-methyl/N-ethyl adjacent to an activating group) is 2. The van der Waals surface area contributed by atoms with Crippen LogP contribution < -0.4 is 5.73 Å². The molecule has 0 aliphatic carbocycles. The van der Waals surface area contributed by atoms with E-state index in [1.165, 1.54) is 10.5 Å². The van der Waals surface area contributed by atoms with Gasteiger partial charge in [0.05, 0.1) is 5.69 Å². The van der Waals surface area contributed by atoms with E-state index in [4.69, 9.17) is 5.73 Å². The summed E-state index contributed by atoms with van der Waals surface area (Å²) in [4.78, 5) is 6.24. The Morgan fingerprint density at radius 3 is 2.40 bits per heavy atom. The standard InChI is InChI=1S/C13H24N4O2S/c1-5-17(11(2)10-16(3)4)20(18,19)13-7-6-12(8-14)15-9-13/h6-7,9,11H,5,8,10,14H2,1-4H3. The van der Waals surface area contributed by atoms with Gasteiger partial charge in [0.1, 0.15) is 4.90 Å². The van der Waals surface area contributed by atoms with Gasteiger partial charge in [0.2, 0.25) is 10.0 Å². The Hall–Kier alpha value is -1.02. The van der Waals surface area contributed by atoms with Crippen LogP contribution in [0, 0.1) is 0 Å². The van der Waals surface area contributed by atoms with Crippen molar-refractivity contribution >= 4 is 10.0 Å². The van der Waals surface area contributed by atoms with Crippen LogP contribution >= 0.6 is 0 Å². The van der Waals surface area contributed by atoms with Gasteiger partial charge in [-0.1, -0.05) is 6.92 Å². The number of hydrogen-bond donors (Lipinski definition) is 1. The molecule has 0 aromatic carbocycles. The lowest BCUT2D eigenvalue weighted by atomic mass is 10.3. The Morgan fingerprint density at radius 2 is 2.00 bits per heavy atom. The molecule has 0 aliphatic heterocycles. The molecule has 0 amide bonds. The van der Waals surface area contributed by atoms with Crippen molar-refractivity contribution in [2.75, 3.05) is 27.2 Å². The van der Waals surface area contributed by atoms with Crippen LogP contribution in [-0.2, 0) is 16.6 Å². The summed E-state index contributed by atoms with van der Waals surface area (Å²) in [5, 5.41) is 0. The third-order valence-electron chi connectivity index (χ3n) is 3.05. The summed E-state index contributed by atoms with van der Waals surface area (Å²) in [5.41, 5.74) is 6.14. The van der Waals surface area contributed by atoms with Crippen molar-refractivity contribution in [3.8, 4) is 0 Å². The molecule has 0 radical (unpaired) electrons. The van der Waals surface area contributed by atoms with Gasteiger partial charge in [-0.15, -0.1) is 0 Å². The fourth-order valence-corrected chi connectivity index (χ4v) is 3.73. The molecule has 0 bridgehead atoms. The summed E-state index contributed by atoms with van der Waals surface area (Å²) in [5.74, 6) is 0. The van der Waals surface area contributed by atoms with E-state index in [0.29, 0.717) is 25.3 Å². The number of nitrogens with two attached hydrogens (primary N) is 1. The molecule has 20 heavy (non-hydrogen) atoms. The molecule has 0 fully saturated rings. The molecule has 114 valence electrons. The fourth-order valence-electron chi connectivity index (χ4n) is 2.16. The van der Waals surface area contributed by atoms with E-state index < -0.39 is 10.0 Å². The van der Waals surface area contributed by atoms with Gasteiger partial charge >= 0.3 is 0 Å². The molecule has 1 atom stereocenters. The summed E-state index contributed by atoms with van der Waals surface area (Å²) >= 11 is 0. The molecule has 1 unspecified atom stereocenters. The lowest BCUT2D eigenvalue weighted by molar-refractivity contribution is 0.271. The number of sulfonamides is 1. The minimum Gasteiger partial charge on any atom is -0.325 e. The van der Waals surface area contributed by atoms with Crippen molar-refractivity contribution in [2.24, 2.45) is 5.73 Å². The lowest BCUT2D eigenvalue weighted by Crippen LogP contribution is -2.43. The highest BCUT2D eigenvalue weighted by Gasteiger charge is 2.28. The highest BCUT2D eigenvalue weighted by atomic mass is 32.2. The number of nitrogens with zero attached hydrogens (tertiary/aromatic N) is 3. The molecular weight excluding hydrogens is 276 g/mol. The average molecular weight is 300 g/mol. The maximum absolute atomic E-state index is 12.6. The van der Waals surface area contributed by atoms with Crippen LogP contribution in [0.4, 0.5) is 0 Å². The summed E-state index contributed by atoms with van der Waals surface area (Å²) in [6, 6.07) is 3.11. The first-order chi connectivity index (χ1) is 9.32. The Labute approximate surface area is 121 Å². The highest BCUT2D eigenvalue weighted by molar-refractivity contribution is 7.89. The topological polar surface area (TPSA) is 79.5 Å². The number of pyridine rings is 1. The van der Waals surface area contributed by atoms with Crippen LogP contribution in [0.5, 0.6) is 0 Å². The predicted molar refractivity (Wildman–Crippen MR) is 79.7 cm³/mol. The number of hydrogen-bond acceptors (Lipinski definition) is 5. The fraction of sp³-hybridized carbons (Fsp3) is 0.615. The smallest absolute Gasteiger partial charge is 0.244 e. The van der Waals surface area contributed by atoms with Gasteiger partial charge in [0.15, 0.2) is 0 Å². The minimum atomic E-state index is -3.52. The van der Waals surface area contributed by atoms with E-state index in [9.17, 15) is 8.42 Å². The van der Waals surface area contributed by atoms with Crippen molar-refractivity contribution < 1.29 is 8.42 Å². The second-order valence-corrected chi connectivity index (χ2v) is 6.90. The molecule has 1 heterocycles. The molecule has 0 saturated carbocycles. The van der Waals surface area contributed by atoms with Crippen LogP contribution in [0.15, 0.2) is 23.2 Å². The van der Waals surface area contributed by atoms with Gasteiger partial charge in [0.25, 0.3) is 0 Å². The maximum atomic E-state index is 12.6. The van der Waals surface area contributed by atoms with Crippen molar-refractivity contribution in [2.45, 2.75) is 31.3 Å². The highest BCUT2D eigenvalue weighted by Crippen LogP contribution is 2.17. The zero-order valence-corrected chi connectivity index (χ0v) is 13.4. The SMILES string of the molecule is CCN(C(C)CN(C)C)S(=O)(=O)c1ccc(CN)nc1. The predicted octanol–water partition coefficient (Wildman–Crippen LogP) is 0.501. The largest absolute Gasteiger partial charge is 0.325 e. The molecule has 1 rings (SSSR count). The first kappa shape index (κ1) is 17.0. The van der Waals surface area contributed by atoms with Gasteiger partial charge in [-0.3, -0.25) is 4.98 Å². The van der Waals surface area contributed by atoms with Crippen LogP contribution in [0.2, 0.25) is 0 Å². The molecule has 0 spiro atoms. The summed E-state index contributed by atoms with van der Waals surface area (Å²) < 4.78 is 26.7. The third kappa shape index (κ3) is 3.99. The van der Waals surface area contributed by atoms with Crippen LogP contribution in [0.1, 0.15) is 19.5 Å². The molecule has 7 heteroatoms. The first-order valence-corrected chi connectivity index (χ1v) is 8.08. The van der Waals surface area contributed by atoms with E-state index in [-0.39, 0.29) is 10.9 Å². The van der Waals surface area contributed by atoms with E-state index >= 15 is 0 Å². The molecule has 6 nitrogen and oxygen atoms in total. The lowest BCUT2D eigenvalue weighted by Gasteiger charge is -2.29. The van der Waals surface area contributed by atoms with Crippen molar-refractivity contribution in [1.29, 1.82) is 0 Å². The quantitative estimate of drug-likeness (QED) is 0.793. The second kappa shape index (κ2) is 7.12. The Kier molecular flexibility index (Phi) is 6.07. The number of rotatable bonds is 7. The normalized spacial score (nSPS) is 13.9. The molecule has 2 N–H and O–H groups in total. The van der Waals surface area contributed by atoms with Crippen molar-refractivity contribution in [3.63, 3.8) is 0 Å². The van der Waals surface area contributed by atoms with Crippen molar-refractivity contribution in [1.82, 2.24) is 14.2 Å². The summed E-state index contributed by atoms with van der Waals surface area (Å²) in [6.07, 6.45) is 1.38. The van der Waals surface area contributed by atoms with E-state index in [0.717, 1.165) is 0 Å². The zero-order valence-electron chi connectivity index (χ0n) is 12.6. The molecule has 0 aliphatic rings.